The molecular weight excluding hydrogens is 336 g/mol. The zero-order valence-corrected chi connectivity index (χ0v) is 14.6. The molecule has 2 unspecified atom stereocenters. The molecule has 0 aromatic heterocycles. The number of aliphatic hydroxyl groups is 1. The van der Waals surface area contributed by atoms with Crippen LogP contribution in [0.2, 0.25) is 0 Å². The topological polar surface area (TPSA) is 116 Å². The van der Waals surface area contributed by atoms with Crippen molar-refractivity contribution < 1.29 is 28.3 Å². The number of sulfonamides is 1. The zero-order valence-electron chi connectivity index (χ0n) is 13.8. The van der Waals surface area contributed by atoms with Gasteiger partial charge in [-0.1, -0.05) is 0 Å². The number of ether oxygens (including phenoxy) is 1. The summed E-state index contributed by atoms with van der Waals surface area (Å²) in [5, 5.41) is 18.5. The number of benzene rings is 1. The van der Waals surface area contributed by atoms with E-state index in [1.807, 2.05) is 20.8 Å². The highest BCUT2D eigenvalue weighted by Gasteiger charge is 2.43. The Labute approximate surface area is 141 Å². The molecule has 24 heavy (non-hydrogen) atoms. The Morgan fingerprint density at radius 2 is 1.88 bits per heavy atom. The summed E-state index contributed by atoms with van der Waals surface area (Å²) in [6, 6.07) is 4.68. The third kappa shape index (κ3) is 4.04. The monoisotopic (exact) mass is 358 g/mol. The molecule has 1 aliphatic rings. The number of hydrogen-bond donors (Lipinski definition) is 3. The van der Waals surface area contributed by atoms with Gasteiger partial charge >= 0.3 is 0 Å². The highest BCUT2D eigenvalue weighted by molar-refractivity contribution is 7.89. The van der Waals surface area contributed by atoms with Crippen LogP contribution >= 0.6 is 0 Å². The van der Waals surface area contributed by atoms with Crippen LogP contribution in [0.3, 0.4) is 0 Å². The molecule has 0 radical (unpaired) electrons. The zero-order chi connectivity index (χ0) is 18.1. The molecule has 1 fully saturated rings. The molecule has 0 saturated carbocycles. The van der Waals surface area contributed by atoms with Crippen LogP contribution in [-0.4, -0.2) is 53.2 Å². The van der Waals surface area contributed by atoms with Crippen LogP contribution in [0.1, 0.15) is 27.2 Å². The molecule has 9 heteroatoms. The quantitative estimate of drug-likeness (QED) is 0.533. The fourth-order valence-electron chi connectivity index (χ4n) is 2.53. The van der Waals surface area contributed by atoms with Gasteiger partial charge in [0.15, 0.2) is 0 Å². The minimum absolute atomic E-state index is 0.0198. The fourth-order valence-corrected chi connectivity index (χ4v) is 4.17. The number of hydroxylamine groups is 1. The van der Waals surface area contributed by atoms with Crippen LogP contribution in [0.25, 0.3) is 0 Å². The lowest BCUT2D eigenvalue weighted by molar-refractivity contribution is -0.132. The van der Waals surface area contributed by atoms with Gasteiger partial charge in [-0.25, -0.2) is 13.9 Å². The summed E-state index contributed by atoms with van der Waals surface area (Å²) >= 11 is 0. The normalized spacial score (nSPS) is 22.4. The van der Waals surface area contributed by atoms with E-state index in [0.29, 0.717) is 5.75 Å². The Bertz CT molecular complexity index is 696. The first-order valence-corrected chi connectivity index (χ1v) is 8.91. The van der Waals surface area contributed by atoms with E-state index in [0.717, 1.165) is 4.31 Å². The van der Waals surface area contributed by atoms with Gasteiger partial charge in [-0.05, 0) is 45.0 Å². The maximum atomic E-state index is 12.7. The van der Waals surface area contributed by atoms with Gasteiger partial charge in [-0.15, -0.1) is 0 Å². The maximum absolute atomic E-state index is 12.7. The first kappa shape index (κ1) is 18.7. The lowest BCUT2D eigenvalue weighted by Crippen LogP contribution is -2.45. The second-order valence-electron chi connectivity index (χ2n) is 6.64. The molecule has 8 nitrogen and oxygen atoms in total. The lowest BCUT2D eigenvalue weighted by Gasteiger charge is -2.23. The minimum atomic E-state index is -3.99. The van der Waals surface area contributed by atoms with E-state index in [4.69, 9.17) is 9.94 Å². The van der Waals surface area contributed by atoms with Gasteiger partial charge in [0, 0.05) is 13.0 Å². The second-order valence-corrected chi connectivity index (χ2v) is 8.53. The number of amides is 1. The molecule has 1 aromatic rings. The van der Waals surface area contributed by atoms with E-state index in [-0.39, 0.29) is 17.9 Å². The van der Waals surface area contributed by atoms with Crippen molar-refractivity contribution in [3.63, 3.8) is 0 Å². The minimum Gasteiger partial charge on any atom is -0.488 e. The number of rotatable bonds is 4. The van der Waals surface area contributed by atoms with Crippen molar-refractivity contribution in [2.75, 3.05) is 6.54 Å². The Hall–Kier alpha value is -1.68. The van der Waals surface area contributed by atoms with E-state index >= 15 is 0 Å². The Morgan fingerprint density at radius 3 is 2.38 bits per heavy atom. The maximum Gasteiger partial charge on any atom is 0.261 e. The summed E-state index contributed by atoms with van der Waals surface area (Å²) < 4.78 is 32.0. The molecule has 0 spiro atoms. The predicted octanol–water partition coefficient (Wildman–Crippen LogP) is 0.493. The number of carbonyl (C=O) groups is 1. The molecule has 0 bridgehead atoms. The second kappa shape index (κ2) is 6.67. The lowest BCUT2D eigenvalue weighted by atomic mass is 10.2. The molecule has 3 N–H and O–H groups in total. The Balaban J connectivity index is 2.27. The van der Waals surface area contributed by atoms with Crippen LogP contribution in [0, 0.1) is 0 Å². The summed E-state index contributed by atoms with van der Waals surface area (Å²) in [4.78, 5) is 11.6. The van der Waals surface area contributed by atoms with Crippen molar-refractivity contribution in [1.82, 2.24) is 9.79 Å². The number of nitrogens with one attached hydrogen (secondary N) is 1. The van der Waals surface area contributed by atoms with Crippen molar-refractivity contribution in [1.29, 1.82) is 0 Å². The van der Waals surface area contributed by atoms with Crippen LogP contribution in [0.5, 0.6) is 5.75 Å². The first-order chi connectivity index (χ1) is 11.0. The molecule has 1 amide bonds. The van der Waals surface area contributed by atoms with Gasteiger partial charge in [0.2, 0.25) is 10.0 Å². The van der Waals surface area contributed by atoms with E-state index < -0.39 is 33.7 Å². The summed E-state index contributed by atoms with van der Waals surface area (Å²) in [6.45, 7) is 5.42. The molecule has 1 aromatic carbocycles. The third-order valence-electron chi connectivity index (χ3n) is 3.50. The largest absolute Gasteiger partial charge is 0.488 e. The Kier molecular flexibility index (Phi) is 5.19. The molecule has 2 rings (SSSR count). The highest BCUT2D eigenvalue weighted by atomic mass is 32.2. The average molecular weight is 358 g/mol. The number of carbonyl (C=O) groups excluding carboxylic acids is 1. The molecule has 134 valence electrons. The van der Waals surface area contributed by atoms with Gasteiger partial charge in [0.05, 0.1) is 11.0 Å². The van der Waals surface area contributed by atoms with Gasteiger partial charge in [-0.2, -0.15) is 4.31 Å². The van der Waals surface area contributed by atoms with E-state index in [9.17, 15) is 18.3 Å². The number of β-amino-alcohol motifs (C(OH)–C–C–N with tert-alkyl or cyclic N) is 1. The standard InChI is InChI=1S/C15H22N2O6S/c1-15(2,3)23-11-4-6-12(7-5-11)24(21,22)17-9-10(18)8-13(17)14(19)16-20/h4-7,10,13,18,20H,8-9H2,1-3H3,(H,16,19). The summed E-state index contributed by atoms with van der Waals surface area (Å²) in [5.41, 5.74) is 1.03. The van der Waals surface area contributed by atoms with Crippen LogP contribution in [0.15, 0.2) is 29.2 Å². The van der Waals surface area contributed by atoms with E-state index in [2.05, 4.69) is 0 Å². The van der Waals surface area contributed by atoms with Gasteiger partial charge in [-0.3, -0.25) is 10.0 Å². The third-order valence-corrected chi connectivity index (χ3v) is 5.39. The van der Waals surface area contributed by atoms with Crippen molar-refractivity contribution in [3.05, 3.63) is 24.3 Å². The number of nitrogens with zero attached hydrogens (tertiary/aromatic N) is 1. The van der Waals surface area contributed by atoms with Gasteiger partial charge in [0.1, 0.15) is 17.4 Å². The fraction of sp³-hybridized carbons (Fsp3) is 0.533. The molecule has 1 aliphatic heterocycles. The van der Waals surface area contributed by atoms with E-state index in [1.165, 1.54) is 29.7 Å². The van der Waals surface area contributed by atoms with Crippen molar-refractivity contribution in [2.24, 2.45) is 0 Å². The molecule has 1 saturated heterocycles. The average Bonchev–Trinajstić information content (AvgIpc) is 2.88. The predicted molar refractivity (Wildman–Crippen MR) is 85.1 cm³/mol. The summed E-state index contributed by atoms with van der Waals surface area (Å²) in [5.74, 6) is -0.352. The van der Waals surface area contributed by atoms with Crippen LogP contribution < -0.4 is 10.2 Å². The Morgan fingerprint density at radius 1 is 1.29 bits per heavy atom. The van der Waals surface area contributed by atoms with E-state index in [1.54, 1.807) is 0 Å². The smallest absolute Gasteiger partial charge is 0.261 e. The summed E-state index contributed by atoms with van der Waals surface area (Å²) in [6.07, 6.45) is -1.04. The van der Waals surface area contributed by atoms with Gasteiger partial charge in [0.25, 0.3) is 5.91 Å². The highest BCUT2D eigenvalue weighted by Crippen LogP contribution is 2.28. The van der Waals surface area contributed by atoms with Crippen molar-refractivity contribution >= 4 is 15.9 Å². The molecule has 1 heterocycles. The van der Waals surface area contributed by atoms with Crippen molar-refractivity contribution in [2.45, 2.75) is 49.8 Å². The van der Waals surface area contributed by atoms with Gasteiger partial charge < -0.3 is 9.84 Å². The summed E-state index contributed by atoms with van der Waals surface area (Å²) in [7, 11) is -3.99. The van der Waals surface area contributed by atoms with Crippen molar-refractivity contribution in [3.8, 4) is 5.75 Å². The van der Waals surface area contributed by atoms with Crippen LogP contribution in [-0.2, 0) is 14.8 Å². The molecular formula is C15H22N2O6S. The SMILES string of the molecule is CC(C)(C)Oc1ccc(S(=O)(=O)N2CC(O)CC2C(=O)NO)cc1. The molecule has 2 atom stereocenters. The number of hydrogen-bond acceptors (Lipinski definition) is 6. The molecule has 0 aliphatic carbocycles. The van der Waals surface area contributed by atoms with Crippen LogP contribution in [0.4, 0.5) is 0 Å². The number of aliphatic hydroxyl groups excluding tert-OH is 1. The first-order valence-electron chi connectivity index (χ1n) is 7.47.